The van der Waals surface area contributed by atoms with Gasteiger partial charge in [0.25, 0.3) is 0 Å². The van der Waals surface area contributed by atoms with E-state index in [4.69, 9.17) is 16.3 Å². The van der Waals surface area contributed by atoms with Gasteiger partial charge in [0.15, 0.2) is 0 Å². The first kappa shape index (κ1) is 12.1. The van der Waals surface area contributed by atoms with E-state index >= 15 is 0 Å². The molecule has 0 saturated heterocycles. The largest absolute Gasteiger partial charge is 0.457 e. The van der Waals surface area contributed by atoms with E-state index in [0.717, 1.165) is 22.4 Å². The van der Waals surface area contributed by atoms with Crippen LogP contribution >= 0.6 is 11.6 Å². The second-order valence-electron chi connectivity index (χ2n) is 4.31. The first-order chi connectivity index (χ1) is 9.38. The second kappa shape index (κ2) is 5.33. The number of halogens is 1. The topological polar surface area (TPSA) is 9.23 Å². The van der Waals surface area contributed by atoms with E-state index < -0.39 is 0 Å². The van der Waals surface area contributed by atoms with E-state index in [1.807, 2.05) is 48.5 Å². The zero-order valence-corrected chi connectivity index (χ0v) is 11.1. The van der Waals surface area contributed by atoms with Crippen molar-refractivity contribution < 1.29 is 4.74 Å². The highest BCUT2D eigenvalue weighted by molar-refractivity contribution is 6.18. The van der Waals surface area contributed by atoms with Crippen LogP contribution in [0, 0.1) is 0 Å². The molecule has 0 N–H and O–H groups in total. The van der Waals surface area contributed by atoms with Crippen LogP contribution < -0.4 is 4.74 Å². The molecule has 94 valence electrons. The number of rotatable bonds is 3. The number of para-hydroxylation sites is 1. The van der Waals surface area contributed by atoms with Crippen LogP contribution in [0.4, 0.5) is 0 Å². The lowest BCUT2D eigenvalue weighted by molar-refractivity contribution is 0.479. The Labute approximate surface area is 117 Å². The molecule has 0 unspecified atom stereocenters. The van der Waals surface area contributed by atoms with Crippen molar-refractivity contribution >= 4 is 22.4 Å². The highest BCUT2D eigenvalue weighted by atomic mass is 35.5. The summed E-state index contributed by atoms with van der Waals surface area (Å²) in [5.74, 6) is 2.08. The van der Waals surface area contributed by atoms with Crippen LogP contribution in [0.3, 0.4) is 0 Å². The number of ether oxygens (including phenoxy) is 1. The quantitative estimate of drug-likeness (QED) is 0.580. The van der Waals surface area contributed by atoms with Gasteiger partial charge >= 0.3 is 0 Å². The molecule has 0 atom stereocenters. The summed E-state index contributed by atoms with van der Waals surface area (Å²) in [4.78, 5) is 0. The number of benzene rings is 3. The van der Waals surface area contributed by atoms with Gasteiger partial charge in [-0.3, -0.25) is 0 Å². The summed E-state index contributed by atoms with van der Waals surface area (Å²) in [6.45, 7) is 0. The smallest absolute Gasteiger partial charge is 0.132 e. The molecule has 0 radical (unpaired) electrons. The van der Waals surface area contributed by atoms with Crippen LogP contribution in [0.5, 0.6) is 11.5 Å². The molecule has 1 nitrogen and oxygen atoms in total. The molecule has 0 aromatic heterocycles. The van der Waals surface area contributed by atoms with Crippen molar-refractivity contribution in [2.75, 3.05) is 0 Å². The summed E-state index contributed by atoms with van der Waals surface area (Å²) in [7, 11) is 0. The van der Waals surface area contributed by atoms with E-state index in [2.05, 4.69) is 18.2 Å². The zero-order valence-electron chi connectivity index (χ0n) is 10.3. The Morgan fingerprint density at radius 1 is 0.789 bits per heavy atom. The van der Waals surface area contributed by atoms with Gasteiger partial charge in [0, 0.05) is 5.56 Å². The van der Waals surface area contributed by atoms with E-state index in [1.165, 1.54) is 5.39 Å². The molecular weight excluding hydrogens is 256 g/mol. The molecule has 0 saturated carbocycles. The van der Waals surface area contributed by atoms with E-state index in [-0.39, 0.29) is 0 Å². The van der Waals surface area contributed by atoms with Gasteiger partial charge in [0.05, 0.1) is 5.88 Å². The molecule has 19 heavy (non-hydrogen) atoms. The third kappa shape index (κ3) is 2.42. The molecule has 0 amide bonds. The average molecular weight is 269 g/mol. The molecule has 0 aliphatic carbocycles. The second-order valence-corrected chi connectivity index (χ2v) is 4.58. The van der Waals surface area contributed by atoms with Gasteiger partial charge in [-0.25, -0.2) is 0 Å². The summed E-state index contributed by atoms with van der Waals surface area (Å²) in [6, 6.07) is 22.0. The number of hydrogen-bond donors (Lipinski definition) is 0. The standard InChI is InChI=1S/C17H13ClO/c18-12-16-15-9-5-4-6-13(15)10-11-17(16)19-14-7-2-1-3-8-14/h1-11H,12H2. The third-order valence-electron chi connectivity index (χ3n) is 3.10. The maximum Gasteiger partial charge on any atom is 0.132 e. The minimum atomic E-state index is 0.434. The minimum Gasteiger partial charge on any atom is -0.457 e. The Balaban J connectivity index is 2.08. The fourth-order valence-electron chi connectivity index (χ4n) is 2.16. The van der Waals surface area contributed by atoms with Gasteiger partial charge in [-0.15, -0.1) is 11.6 Å². The number of hydrogen-bond acceptors (Lipinski definition) is 1. The molecule has 0 bridgehead atoms. The lowest BCUT2D eigenvalue weighted by atomic mass is 10.0. The van der Waals surface area contributed by atoms with E-state index in [0.29, 0.717) is 5.88 Å². The van der Waals surface area contributed by atoms with Crippen molar-refractivity contribution in [2.24, 2.45) is 0 Å². The van der Waals surface area contributed by atoms with Crippen molar-refractivity contribution in [1.82, 2.24) is 0 Å². The molecule has 0 spiro atoms. The van der Waals surface area contributed by atoms with Crippen molar-refractivity contribution in [3.63, 3.8) is 0 Å². The summed E-state index contributed by atoms with van der Waals surface area (Å²) in [6.07, 6.45) is 0. The van der Waals surface area contributed by atoms with E-state index in [9.17, 15) is 0 Å². The maximum absolute atomic E-state index is 6.10. The SMILES string of the molecule is ClCc1c(Oc2ccccc2)ccc2ccccc12. The third-order valence-corrected chi connectivity index (χ3v) is 3.37. The van der Waals surface area contributed by atoms with Crippen molar-refractivity contribution in [3.8, 4) is 11.5 Å². The van der Waals surface area contributed by atoms with Crippen LogP contribution in [0.15, 0.2) is 66.7 Å². The summed E-state index contributed by atoms with van der Waals surface area (Å²) in [5, 5.41) is 2.32. The highest BCUT2D eigenvalue weighted by Gasteiger charge is 2.08. The summed E-state index contributed by atoms with van der Waals surface area (Å²) in [5.41, 5.74) is 1.03. The Kier molecular flexibility index (Phi) is 3.39. The van der Waals surface area contributed by atoms with Crippen LogP contribution in [-0.2, 0) is 5.88 Å². The monoisotopic (exact) mass is 268 g/mol. The molecule has 3 rings (SSSR count). The Morgan fingerprint density at radius 3 is 2.32 bits per heavy atom. The average Bonchev–Trinajstić information content (AvgIpc) is 2.48. The maximum atomic E-state index is 6.10. The molecule has 0 aliphatic rings. The van der Waals surface area contributed by atoms with Gasteiger partial charge in [0.2, 0.25) is 0 Å². The molecule has 0 fully saturated rings. The van der Waals surface area contributed by atoms with E-state index in [1.54, 1.807) is 0 Å². The predicted molar refractivity (Wildman–Crippen MR) is 80.0 cm³/mol. The Morgan fingerprint density at radius 2 is 1.53 bits per heavy atom. The highest BCUT2D eigenvalue weighted by Crippen LogP contribution is 2.32. The number of fused-ring (bicyclic) bond motifs is 1. The van der Waals surface area contributed by atoms with Crippen LogP contribution in [0.2, 0.25) is 0 Å². The molecule has 3 aromatic rings. The fraction of sp³-hybridized carbons (Fsp3) is 0.0588. The lowest BCUT2D eigenvalue weighted by Gasteiger charge is -2.12. The van der Waals surface area contributed by atoms with Gasteiger partial charge in [-0.05, 0) is 29.0 Å². The van der Waals surface area contributed by atoms with Crippen molar-refractivity contribution in [3.05, 3.63) is 72.3 Å². The minimum absolute atomic E-state index is 0.434. The molecule has 3 aromatic carbocycles. The molecule has 0 aliphatic heterocycles. The molecule has 2 heteroatoms. The normalized spacial score (nSPS) is 10.6. The summed E-state index contributed by atoms with van der Waals surface area (Å²) < 4.78 is 5.92. The Bertz CT molecular complexity index is 692. The first-order valence-electron chi connectivity index (χ1n) is 6.18. The molecular formula is C17H13ClO. The van der Waals surface area contributed by atoms with Crippen molar-refractivity contribution in [2.45, 2.75) is 5.88 Å². The first-order valence-corrected chi connectivity index (χ1v) is 6.71. The van der Waals surface area contributed by atoms with Crippen molar-refractivity contribution in [1.29, 1.82) is 0 Å². The lowest BCUT2D eigenvalue weighted by Crippen LogP contribution is -1.91. The van der Waals surface area contributed by atoms with Gasteiger partial charge < -0.3 is 4.74 Å². The van der Waals surface area contributed by atoms with Gasteiger partial charge in [-0.2, -0.15) is 0 Å². The predicted octanol–water partition coefficient (Wildman–Crippen LogP) is 5.37. The Hall–Kier alpha value is -1.99. The number of alkyl halides is 1. The zero-order chi connectivity index (χ0) is 13.1. The van der Waals surface area contributed by atoms with Gasteiger partial charge in [0.1, 0.15) is 11.5 Å². The summed E-state index contributed by atoms with van der Waals surface area (Å²) >= 11 is 6.10. The van der Waals surface area contributed by atoms with Crippen LogP contribution in [0.1, 0.15) is 5.56 Å². The van der Waals surface area contributed by atoms with Crippen LogP contribution in [0.25, 0.3) is 10.8 Å². The molecule has 0 heterocycles. The fourth-order valence-corrected chi connectivity index (χ4v) is 2.44. The van der Waals surface area contributed by atoms with Gasteiger partial charge in [-0.1, -0.05) is 48.5 Å². The van der Waals surface area contributed by atoms with Crippen LogP contribution in [-0.4, -0.2) is 0 Å².